The molecule has 0 bridgehead atoms. The zero-order valence-electron chi connectivity index (χ0n) is 14.6. The summed E-state index contributed by atoms with van der Waals surface area (Å²) in [5, 5.41) is 12.7. The van der Waals surface area contributed by atoms with Crippen LogP contribution in [0.5, 0.6) is 0 Å². The van der Waals surface area contributed by atoms with Gasteiger partial charge in [0.2, 0.25) is 0 Å². The fourth-order valence-electron chi connectivity index (χ4n) is 3.04. The molecule has 2 heterocycles. The van der Waals surface area contributed by atoms with E-state index in [1.54, 1.807) is 6.92 Å². The molecule has 1 aliphatic rings. The van der Waals surface area contributed by atoms with Crippen molar-refractivity contribution in [3.05, 3.63) is 46.8 Å². The van der Waals surface area contributed by atoms with E-state index < -0.39 is 0 Å². The predicted octanol–water partition coefficient (Wildman–Crippen LogP) is 2.58. The summed E-state index contributed by atoms with van der Waals surface area (Å²) in [6.07, 6.45) is 2.12. The van der Waals surface area contributed by atoms with Gasteiger partial charge < -0.3 is 15.5 Å². The van der Waals surface area contributed by atoms with Gasteiger partial charge in [-0.2, -0.15) is 5.10 Å². The molecule has 0 atom stereocenters. The molecule has 25 heavy (non-hydrogen) atoms. The topological polar surface area (TPSA) is 90.1 Å². The Morgan fingerprint density at radius 1 is 1.24 bits per heavy atom. The number of carbonyl (C=O) groups excluding carboxylic acids is 2. The van der Waals surface area contributed by atoms with Crippen LogP contribution in [0.3, 0.4) is 0 Å². The van der Waals surface area contributed by atoms with Gasteiger partial charge in [0.1, 0.15) is 0 Å². The zero-order chi connectivity index (χ0) is 17.8. The predicted molar refractivity (Wildman–Crippen MR) is 95.5 cm³/mol. The molecule has 2 aromatic rings. The third-order valence-electron chi connectivity index (χ3n) is 4.38. The Bertz CT molecular complexity index is 758. The molecular weight excluding hydrogens is 318 g/mol. The first-order valence-electron chi connectivity index (χ1n) is 8.49. The maximum Gasteiger partial charge on any atom is 0.321 e. The smallest absolute Gasteiger partial charge is 0.321 e. The van der Waals surface area contributed by atoms with E-state index in [-0.39, 0.29) is 11.9 Å². The highest BCUT2D eigenvalue weighted by molar-refractivity contribution is 5.96. The van der Waals surface area contributed by atoms with Crippen LogP contribution < -0.4 is 10.6 Å². The molecule has 3 amide bonds. The van der Waals surface area contributed by atoms with Gasteiger partial charge >= 0.3 is 6.03 Å². The van der Waals surface area contributed by atoms with Gasteiger partial charge in [-0.25, -0.2) is 4.79 Å². The minimum Gasteiger partial charge on any atom is -0.348 e. The molecule has 1 aliphatic heterocycles. The summed E-state index contributed by atoms with van der Waals surface area (Å²) in [5.74, 6) is -0.157. The first kappa shape index (κ1) is 17.0. The monoisotopic (exact) mass is 341 g/mol. The van der Waals surface area contributed by atoms with Crippen LogP contribution in [0, 0.1) is 13.8 Å². The fraction of sp³-hybridized carbons (Fsp3) is 0.389. The lowest BCUT2D eigenvalue weighted by atomic mass is 10.1. The summed E-state index contributed by atoms with van der Waals surface area (Å²) in [7, 11) is 0. The van der Waals surface area contributed by atoms with Crippen molar-refractivity contribution in [3.8, 4) is 0 Å². The number of H-pyrrole nitrogens is 1. The molecule has 132 valence electrons. The Morgan fingerprint density at radius 2 is 2.00 bits per heavy atom. The Labute approximate surface area is 146 Å². The van der Waals surface area contributed by atoms with Crippen LogP contribution in [0.2, 0.25) is 0 Å². The average molecular weight is 341 g/mol. The Kier molecular flexibility index (Phi) is 5.02. The summed E-state index contributed by atoms with van der Waals surface area (Å²) < 4.78 is 0. The normalized spacial score (nSPS) is 13.8. The zero-order valence-corrected chi connectivity index (χ0v) is 14.6. The standard InChI is InChI=1S/C18H23N5O2/c1-12-16(13(2)22-21-12)17(24)19-11-14-6-5-7-15(10-14)20-18(25)23-8-3-4-9-23/h5-7,10H,3-4,8-9,11H2,1-2H3,(H,19,24)(H,20,25)(H,21,22). The number of hydrogen-bond donors (Lipinski definition) is 3. The molecule has 7 nitrogen and oxygen atoms in total. The van der Waals surface area contributed by atoms with Gasteiger partial charge in [-0.15, -0.1) is 0 Å². The van der Waals surface area contributed by atoms with Gasteiger partial charge in [-0.1, -0.05) is 12.1 Å². The summed E-state index contributed by atoms with van der Waals surface area (Å²) in [6.45, 7) is 5.63. The van der Waals surface area contributed by atoms with Gasteiger partial charge in [0, 0.05) is 31.0 Å². The highest BCUT2D eigenvalue weighted by Crippen LogP contribution is 2.15. The van der Waals surface area contributed by atoms with Gasteiger partial charge in [0.05, 0.1) is 11.3 Å². The van der Waals surface area contributed by atoms with Crippen LogP contribution >= 0.6 is 0 Å². The van der Waals surface area contributed by atoms with E-state index >= 15 is 0 Å². The van der Waals surface area contributed by atoms with E-state index in [0.717, 1.165) is 42.9 Å². The lowest BCUT2D eigenvalue weighted by Crippen LogP contribution is -2.32. The quantitative estimate of drug-likeness (QED) is 0.798. The Morgan fingerprint density at radius 3 is 2.68 bits per heavy atom. The first-order valence-corrected chi connectivity index (χ1v) is 8.49. The number of benzene rings is 1. The SMILES string of the molecule is Cc1n[nH]c(C)c1C(=O)NCc1cccc(NC(=O)N2CCCC2)c1. The highest BCUT2D eigenvalue weighted by atomic mass is 16.2. The number of aryl methyl sites for hydroxylation is 2. The first-order chi connectivity index (χ1) is 12.0. The second-order valence-corrected chi connectivity index (χ2v) is 6.32. The van der Waals surface area contributed by atoms with Crippen molar-refractivity contribution in [2.45, 2.75) is 33.2 Å². The average Bonchev–Trinajstić information content (AvgIpc) is 3.23. The molecular formula is C18H23N5O2. The Hall–Kier alpha value is -2.83. The highest BCUT2D eigenvalue weighted by Gasteiger charge is 2.18. The number of hydrogen-bond acceptors (Lipinski definition) is 3. The van der Waals surface area contributed by atoms with Crippen LogP contribution in [0.1, 0.15) is 40.2 Å². The van der Waals surface area contributed by atoms with Gasteiger partial charge in [0.25, 0.3) is 5.91 Å². The minimum atomic E-state index is -0.157. The minimum absolute atomic E-state index is 0.0664. The largest absolute Gasteiger partial charge is 0.348 e. The van der Waals surface area contributed by atoms with Crippen molar-refractivity contribution in [1.29, 1.82) is 0 Å². The number of carbonyl (C=O) groups is 2. The number of urea groups is 1. The molecule has 1 aromatic carbocycles. The summed E-state index contributed by atoms with van der Waals surface area (Å²) in [4.78, 5) is 26.3. The van der Waals surface area contributed by atoms with Crippen LogP contribution in [-0.4, -0.2) is 40.1 Å². The molecule has 1 aromatic heterocycles. The molecule has 0 unspecified atom stereocenters. The number of rotatable bonds is 4. The van der Waals surface area contributed by atoms with E-state index in [0.29, 0.717) is 17.8 Å². The van der Waals surface area contributed by atoms with Crippen molar-refractivity contribution in [1.82, 2.24) is 20.4 Å². The van der Waals surface area contributed by atoms with E-state index in [1.807, 2.05) is 36.1 Å². The van der Waals surface area contributed by atoms with E-state index in [1.165, 1.54) is 0 Å². The number of amides is 3. The maximum absolute atomic E-state index is 12.3. The summed E-state index contributed by atoms with van der Waals surface area (Å²) in [5.41, 5.74) is 3.67. The van der Waals surface area contributed by atoms with Crippen LogP contribution in [-0.2, 0) is 6.54 Å². The molecule has 0 spiro atoms. The van der Waals surface area contributed by atoms with Crippen LogP contribution in [0.25, 0.3) is 0 Å². The number of aromatic amines is 1. The molecule has 3 rings (SSSR count). The summed E-state index contributed by atoms with van der Waals surface area (Å²) in [6, 6.07) is 7.45. The molecule has 1 fully saturated rings. The van der Waals surface area contributed by atoms with Crippen molar-refractivity contribution in [3.63, 3.8) is 0 Å². The van der Waals surface area contributed by atoms with Gasteiger partial charge in [-0.3, -0.25) is 9.89 Å². The van der Waals surface area contributed by atoms with Crippen molar-refractivity contribution < 1.29 is 9.59 Å². The third kappa shape index (κ3) is 3.99. The number of aromatic nitrogens is 2. The lowest BCUT2D eigenvalue weighted by molar-refractivity contribution is 0.0949. The van der Waals surface area contributed by atoms with Crippen LogP contribution in [0.15, 0.2) is 24.3 Å². The van der Waals surface area contributed by atoms with Crippen LogP contribution in [0.4, 0.5) is 10.5 Å². The lowest BCUT2D eigenvalue weighted by Gasteiger charge is -2.16. The van der Waals surface area contributed by atoms with Gasteiger partial charge in [0.15, 0.2) is 0 Å². The van der Waals surface area contributed by atoms with E-state index in [2.05, 4.69) is 20.8 Å². The number of anilines is 1. The van der Waals surface area contributed by atoms with E-state index in [9.17, 15) is 9.59 Å². The molecule has 3 N–H and O–H groups in total. The number of nitrogens with one attached hydrogen (secondary N) is 3. The summed E-state index contributed by atoms with van der Waals surface area (Å²) >= 11 is 0. The Balaban J connectivity index is 1.60. The van der Waals surface area contributed by atoms with Crippen molar-refractivity contribution in [2.24, 2.45) is 0 Å². The molecule has 0 saturated carbocycles. The van der Waals surface area contributed by atoms with E-state index in [4.69, 9.17) is 0 Å². The fourth-order valence-corrected chi connectivity index (χ4v) is 3.04. The molecule has 1 saturated heterocycles. The maximum atomic E-state index is 12.3. The second-order valence-electron chi connectivity index (χ2n) is 6.32. The molecule has 0 radical (unpaired) electrons. The molecule has 7 heteroatoms. The molecule has 0 aliphatic carbocycles. The van der Waals surface area contributed by atoms with Crippen molar-refractivity contribution in [2.75, 3.05) is 18.4 Å². The number of nitrogens with zero attached hydrogens (tertiary/aromatic N) is 2. The van der Waals surface area contributed by atoms with Gasteiger partial charge in [-0.05, 0) is 44.4 Å². The van der Waals surface area contributed by atoms with Crippen molar-refractivity contribution >= 4 is 17.6 Å². The second kappa shape index (κ2) is 7.38. The third-order valence-corrected chi connectivity index (χ3v) is 4.38. The number of likely N-dealkylation sites (tertiary alicyclic amines) is 1.